The third-order valence-corrected chi connectivity index (χ3v) is 6.19. The maximum absolute atomic E-state index is 13.2. The number of halogens is 3. The van der Waals surface area contributed by atoms with Crippen molar-refractivity contribution in [2.75, 3.05) is 24.5 Å². The Balaban J connectivity index is 1.92. The minimum Gasteiger partial charge on any atom is -0.433 e. The van der Waals surface area contributed by atoms with Gasteiger partial charge in [-0.1, -0.05) is 18.8 Å². The summed E-state index contributed by atoms with van der Waals surface area (Å²) in [7, 11) is 1.39. The summed E-state index contributed by atoms with van der Waals surface area (Å²) in [6.45, 7) is 2.11. The first-order valence-electron chi connectivity index (χ1n) is 11.0. The maximum atomic E-state index is 13.2. The number of alkyl halides is 3. The van der Waals surface area contributed by atoms with Gasteiger partial charge in [0.2, 0.25) is 5.95 Å². The van der Waals surface area contributed by atoms with Gasteiger partial charge >= 0.3 is 17.8 Å². The Kier molecular flexibility index (Phi) is 6.44. The van der Waals surface area contributed by atoms with Crippen LogP contribution in [0.4, 0.5) is 19.1 Å². The molecule has 1 N–H and O–H groups in total. The number of imidazole rings is 1. The molecule has 1 unspecified atom stereocenters. The van der Waals surface area contributed by atoms with Crippen molar-refractivity contribution in [1.82, 2.24) is 24.0 Å². The number of anilines is 1. The van der Waals surface area contributed by atoms with Crippen molar-refractivity contribution in [3.63, 3.8) is 0 Å². The Morgan fingerprint density at radius 2 is 1.97 bits per heavy atom. The van der Waals surface area contributed by atoms with Crippen LogP contribution in [0.5, 0.6) is 0 Å². The number of aromatic nitrogens is 4. The lowest BCUT2D eigenvalue weighted by Gasteiger charge is -2.36. The maximum Gasteiger partial charge on any atom is 0.491 e. The van der Waals surface area contributed by atoms with Crippen LogP contribution < -0.4 is 21.5 Å². The number of carbonyl (C=O) groups is 1. The number of rotatable bonds is 4. The van der Waals surface area contributed by atoms with Gasteiger partial charge in [0.05, 0.1) is 13.1 Å². The molecule has 2 fully saturated rings. The van der Waals surface area contributed by atoms with Crippen molar-refractivity contribution < 1.29 is 22.7 Å². The number of hydrogen-bond donors (Lipinski definition) is 1. The number of ether oxygens (including phenoxy) is 1. The molecule has 2 aromatic rings. The van der Waals surface area contributed by atoms with E-state index in [2.05, 4.69) is 22.1 Å². The monoisotopic (exact) mass is 482 g/mol. The highest BCUT2D eigenvalue weighted by Gasteiger charge is 2.44. The first kappa shape index (κ1) is 23.9. The molecule has 1 atom stereocenters. The lowest BCUT2D eigenvalue weighted by molar-refractivity contribution is -0.205. The lowest BCUT2D eigenvalue weighted by atomic mass is 10.2. The Bertz CT molecular complexity index is 1280. The van der Waals surface area contributed by atoms with E-state index in [1.54, 1.807) is 6.92 Å². The van der Waals surface area contributed by atoms with E-state index in [1.165, 1.54) is 21.1 Å². The van der Waals surface area contributed by atoms with Gasteiger partial charge in [-0.2, -0.15) is 18.2 Å². The summed E-state index contributed by atoms with van der Waals surface area (Å²) in [5, 5.41) is 2.90. The number of carbonyl (C=O) groups excluding carboxylic acids is 1. The molecule has 184 valence electrons. The first-order chi connectivity index (χ1) is 16.1. The third kappa shape index (κ3) is 4.18. The van der Waals surface area contributed by atoms with E-state index in [4.69, 9.17) is 4.74 Å². The molecule has 0 aromatic carbocycles. The molecule has 0 radical (unpaired) electrons. The summed E-state index contributed by atoms with van der Waals surface area (Å²) in [5.41, 5.74) is -0.786. The molecule has 2 aliphatic rings. The van der Waals surface area contributed by atoms with E-state index < -0.39 is 29.6 Å². The van der Waals surface area contributed by atoms with Crippen LogP contribution in [0.25, 0.3) is 11.2 Å². The fourth-order valence-corrected chi connectivity index (χ4v) is 4.53. The Morgan fingerprint density at radius 1 is 1.26 bits per heavy atom. The first-order valence-corrected chi connectivity index (χ1v) is 11.0. The van der Waals surface area contributed by atoms with Crippen LogP contribution in [0.3, 0.4) is 0 Å². The predicted octanol–water partition coefficient (Wildman–Crippen LogP) is 0.876. The number of nitrogens with one attached hydrogen (secondary N) is 1. The van der Waals surface area contributed by atoms with Crippen molar-refractivity contribution in [2.45, 2.75) is 57.6 Å². The normalized spacial score (nSPS) is 19.3. The largest absolute Gasteiger partial charge is 0.491 e. The molecule has 34 heavy (non-hydrogen) atoms. The van der Waals surface area contributed by atoms with Crippen LogP contribution >= 0.6 is 0 Å². The molecule has 0 amide bonds. The van der Waals surface area contributed by atoms with Gasteiger partial charge < -0.3 is 15.0 Å². The smallest absolute Gasteiger partial charge is 0.433 e. The Hall–Kier alpha value is -3.27. The summed E-state index contributed by atoms with van der Waals surface area (Å²) in [4.78, 5) is 43.8. The third-order valence-electron chi connectivity index (χ3n) is 6.19. The average Bonchev–Trinajstić information content (AvgIpc) is 3.45. The molecular formula is C21H25F3N6O4. The molecule has 2 aromatic heterocycles. The van der Waals surface area contributed by atoms with E-state index in [-0.39, 0.29) is 42.8 Å². The van der Waals surface area contributed by atoms with E-state index in [9.17, 15) is 27.6 Å². The van der Waals surface area contributed by atoms with Gasteiger partial charge in [-0.05, 0) is 19.8 Å². The summed E-state index contributed by atoms with van der Waals surface area (Å²) in [6, 6.07) is -0.142. The zero-order valence-corrected chi connectivity index (χ0v) is 18.8. The van der Waals surface area contributed by atoms with Gasteiger partial charge in [-0.15, -0.1) is 5.92 Å². The van der Waals surface area contributed by atoms with Crippen LogP contribution in [-0.2, 0) is 23.1 Å². The van der Waals surface area contributed by atoms with E-state index in [1.807, 2.05) is 0 Å². The fraction of sp³-hybridized carbons (Fsp3) is 0.619. The topological polar surface area (TPSA) is 103 Å². The van der Waals surface area contributed by atoms with Gasteiger partial charge in [0.25, 0.3) is 5.56 Å². The fourth-order valence-electron chi connectivity index (χ4n) is 4.53. The summed E-state index contributed by atoms with van der Waals surface area (Å²) in [6.07, 6.45) is -3.10. The van der Waals surface area contributed by atoms with Gasteiger partial charge in [-0.25, -0.2) is 9.59 Å². The van der Waals surface area contributed by atoms with Crippen LogP contribution in [-0.4, -0.2) is 56.7 Å². The van der Waals surface area contributed by atoms with Gasteiger partial charge in [0.15, 0.2) is 17.4 Å². The Labute approximate surface area is 192 Å². The summed E-state index contributed by atoms with van der Waals surface area (Å²) >= 11 is 0. The molecule has 1 aliphatic carbocycles. The van der Waals surface area contributed by atoms with Crippen molar-refractivity contribution in [1.29, 1.82) is 0 Å². The van der Waals surface area contributed by atoms with E-state index in [0.29, 0.717) is 6.54 Å². The molecular weight excluding hydrogens is 457 g/mol. The molecule has 1 saturated carbocycles. The predicted molar refractivity (Wildman–Crippen MR) is 116 cm³/mol. The molecule has 1 aliphatic heterocycles. The van der Waals surface area contributed by atoms with Crippen LogP contribution in [0, 0.1) is 11.8 Å². The number of fused-ring (bicyclic) bond motifs is 1. The minimum atomic E-state index is -5.16. The number of esters is 1. The summed E-state index contributed by atoms with van der Waals surface area (Å²) in [5.74, 6) is 3.40. The Morgan fingerprint density at radius 3 is 2.62 bits per heavy atom. The summed E-state index contributed by atoms with van der Waals surface area (Å²) < 4.78 is 47.4. The minimum absolute atomic E-state index is 0.0182. The number of nitrogens with zero attached hydrogens (tertiary/aromatic N) is 5. The van der Waals surface area contributed by atoms with Crippen molar-refractivity contribution in [3.05, 3.63) is 20.8 Å². The van der Waals surface area contributed by atoms with Gasteiger partial charge in [0.1, 0.15) is 0 Å². The van der Waals surface area contributed by atoms with Crippen LogP contribution in [0.1, 0.15) is 38.6 Å². The molecule has 13 heteroatoms. The molecule has 4 rings (SSSR count). The van der Waals surface area contributed by atoms with Crippen LogP contribution in [0.15, 0.2) is 9.59 Å². The van der Waals surface area contributed by atoms with E-state index in [0.717, 1.165) is 30.3 Å². The molecule has 10 nitrogen and oxygen atoms in total. The quantitative estimate of drug-likeness (QED) is 0.510. The molecule has 0 spiro atoms. The standard InChI is InChI=1S/C21H25F3N6O4/c1-3-4-10-29-15-16(30(13-7-5-6-8-13)20(33)27(2)17(15)31)26-19(29)28-11-9-25-12-14(28)34-18(32)21(22,23)24/h13-14,25H,5-12H2,1-2H3. The number of piperazine rings is 1. The van der Waals surface area contributed by atoms with Crippen LogP contribution in [0.2, 0.25) is 0 Å². The van der Waals surface area contributed by atoms with Gasteiger partial charge in [0, 0.05) is 26.2 Å². The zero-order chi connectivity index (χ0) is 24.6. The second kappa shape index (κ2) is 9.17. The van der Waals surface area contributed by atoms with Crippen molar-refractivity contribution in [2.24, 2.45) is 7.05 Å². The van der Waals surface area contributed by atoms with Crippen molar-refractivity contribution in [3.8, 4) is 11.8 Å². The second-order valence-electron chi connectivity index (χ2n) is 8.31. The van der Waals surface area contributed by atoms with Gasteiger partial charge in [-0.3, -0.25) is 18.5 Å². The molecule has 0 bridgehead atoms. The average molecular weight is 482 g/mol. The molecule has 3 heterocycles. The molecule has 1 saturated heterocycles. The lowest BCUT2D eigenvalue weighted by Crippen LogP contribution is -2.55. The van der Waals surface area contributed by atoms with Crippen molar-refractivity contribution >= 4 is 23.1 Å². The highest BCUT2D eigenvalue weighted by Crippen LogP contribution is 2.32. The SMILES string of the molecule is CC#CCn1c(N2CCNCC2OC(=O)C(F)(F)F)nc2c1c(=O)n(C)c(=O)n2C1CCCC1. The number of hydrogen-bond acceptors (Lipinski definition) is 7. The van der Waals surface area contributed by atoms with E-state index >= 15 is 0 Å². The highest BCUT2D eigenvalue weighted by atomic mass is 19.4. The second-order valence-corrected chi connectivity index (χ2v) is 8.31. The zero-order valence-electron chi connectivity index (χ0n) is 18.8. The highest BCUT2D eigenvalue weighted by molar-refractivity contribution is 5.77.